The molecule has 6 heteroatoms. The Morgan fingerprint density at radius 1 is 1.35 bits per heavy atom. The molecule has 1 aromatic carbocycles. The first-order valence-electron chi connectivity index (χ1n) is 6.12. The Bertz CT molecular complexity index is 522. The number of carboxylic acids is 1. The van der Waals surface area contributed by atoms with Gasteiger partial charge in [-0.25, -0.2) is 4.79 Å². The van der Waals surface area contributed by atoms with Crippen molar-refractivity contribution in [2.24, 2.45) is 0 Å². The second kappa shape index (κ2) is 6.26. The van der Waals surface area contributed by atoms with Crippen LogP contribution in [0.1, 0.15) is 39.2 Å². The molecule has 0 aliphatic rings. The number of carboxylic acid groups (broad SMARTS) is 1. The van der Waals surface area contributed by atoms with Gasteiger partial charge in [-0.05, 0) is 61.3 Å². The number of carbonyl (C=O) groups is 2. The maximum absolute atomic E-state index is 11.7. The van der Waals surface area contributed by atoms with Gasteiger partial charge in [-0.15, -0.1) is 0 Å². The lowest BCUT2D eigenvalue weighted by atomic mass is 10.0. The van der Waals surface area contributed by atoms with Crippen molar-refractivity contribution in [2.45, 2.75) is 39.2 Å². The topological polar surface area (TPSA) is 75.6 Å². The van der Waals surface area contributed by atoms with Crippen LogP contribution in [-0.4, -0.2) is 22.8 Å². The molecule has 0 spiro atoms. The van der Waals surface area contributed by atoms with Crippen LogP contribution in [0.5, 0.6) is 0 Å². The summed E-state index contributed by atoms with van der Waals surface area (Å²) >= 11 is 3.31. The van der Waals surface area contributed by atoms with E-state index >= 15 is 0 Å². The highest BCUT2D eigenvalue weighted by Crippen LogP contribution is 2.27. The van der Waals surface area contributed by atoms with Gasteiger partial charge in [-0.2, -0.15) is 0 Å². The molecule has 0 aliphatic carbocycles. The van der Waals surface area contributed by atoms with Crippen molar-refractivity contribution in [1.82, 2.24) is 0 Å². The van der Waals surface area contributed by atoms with Crippen LogP contribution < -0.4 is 5.32 Å². The van der Waals surface area contributed by atoms with E-state index in [1.165, 1.54) is 0 Å². The van der Waals surface area contributed by atoms with E-state index in [4.69, 9.17) is 9.84 Å². The van der Waals surface area contributed by atoms with Gasteiger partial charge >= 0.3 is 12.1 Å². The highest BCUT2D eigenvalue weighted by atomic mass is 79.9. The zero-order valence-electron chi connectivity index (χ0n) is 11.9. The Kier molecular flexibility index (Phi) is 5.16. The molecule has 20 heavy (non-hydrogen) atoms. The molecule has 0 fully saturated rings. The molecule has 1 amide bonds. The van der Waals surface area contributed by atoms with E-state index in [2.05, 4.69) is 21.2 Å². The molecule has 0 aliphatic heterocycles. The molecular weight excluding hydrogens is 326 g/mol. The van der Waals surface area contributed by atoms with Crippen LogP contribution in [-0.2, 0) is 9.53 Å². The third-order valence-electron chi connectivity index (χ3n) is 2.50. The van der Waals surface area contributed by atoms with Crippen LogP contribution in [0.25, 0.3) is 0 Å². The Morgan fingerprint density at radius 2 is 1.95 bits per heavy atom. The number of halogens is 1. The van der Waals surface area contributed by atoms with Crippen LogP contribution >= 0.6 is 15.9 Å². The Hall–Kier alpha value is -1.56. The lowest BCUT2D eigenvalue weighted by Crippen LogP contribution is -2.27. The van der Waals surface area contributed by atoms with Gasteiger partial charge in [-0.3, -0.25) is 10.1 Å². The SMILES string of the molecule is CC(C(=O)O)c1ccc(Br)c(NC(=O)OC(C)(C)C)c1. The molecule has 0 bridgehead atoms. The summed E-state index contributed by atoms with van der Waals surface area (Å²) in [7, 11) is 0. The standard InChI is InChI=1S/C14H18BrNO4/c1-8(12(17)18)9-5-6-10(15)11(7-9)16-13(19)20-14(2,3)4/h5-8H,1-4H3,(H,16,19)(H,17,18). The fourth-order valence-corrected chi connectivity index (χ4v) is 1.81. The van der Waals surface area contributed by atoms with Gasteiger partial charge in [0.2, 0.25) is 0 Å². The van der Waals surface area contributed by atoms with Gasteiger partial charge in [-0.1, -0.05) is 6.07 Å². The number of benzene rings is 1. The van der Waals surface area contributed by atoms with Gasteiger partial charge in [0.15, 0.2) is 0 Å². The fraction of sp³-hybridized carbons (Fsp3) is 0.429. The number of ether oxygens (including phenoxy) is 1. The number of aliphatic carboxylic acids is 1. The number of hydrogen-bond donors (Lipinski definition) is 2. The number of hydrogen-bond acceptors (Lipinski definition) is 3. The van der Waals surface area contributed by atoms with Crippen molar-refractivity contribution in [2.75, 3.05) is 5.32 Å². The minimum atomic E-state index is -0.921. The lowest BCUT2D eigenvalue weighted by molar-refractivity contribution is -0.138. The van der Waals surface area contributed by atoms with Crippen molar-refractivity contribution in [3.63, 3.8) is 0 Å². The predicted octanol–water partition coefficient (Wildman–Crippen LogP) is 3.98. The molecular formula is C14H18BrNO4. The maximum Gasteiger partial charge on any atom is 0.412 e. The van der Waals surface area contributed by atoms with Crippen molar-refractivity contribution in [3.8, 4) is 0 Å². The molecule has 0 saturated heterocycles. The molecule has 0 radical (unpaired) electrons. The summed E-state index contributed by atoms with van der Waals surface area (Å²) in [5.41, 5.74) is 0.485. The molecule has 1 unspecified atom stereocenters. The zero-order valence-corrected chi connectivity index (χ0v) is 13.4. The second-order valence-electron chi connectivity index (χ2n) is 5.43. The molecule has 1 aromatic rings. The van der Waals surface area contributed by atoms with Crippen LogP contribution in [0.15, 0.2) is 22.7 Å². The number of amides is 1. The van der Waals surface area contributed by atoms with Crippen molar-refractivity contribution >= 4 is 33.7 Å². The van der Waals surface area contributed by atoms with E-state index in [1.807, 2.05) is 0 Å². The molecule has 5 nitrogen and oxygen atoms in total. The van der Waals surface area contributed by atoms with E-state index in [0.29, 0.717) is 15.7 Å². The summed E-state index contributed by atoms with van der Waals surface area (Å²) in [4.78, 5) is 22.7. The number of nitrogens with one attached hydrogen (secondary N) is 1. The summed E-state index contributed by atoms with van der Waals surface area (Å²) in [6.45, 7) is 6.89. The highest BCUT2D eigenvalue weighted by Gasteiger charge is 2.19. The van der Waals surface area contributed by atoms with Gasteiger partial charge in [0.1, 0.15) is 5.60 Å². The van der Waals surface area contributed by atoms with Gasteiger partial charge in [0.25, 0.3) is 0 Å². The molecule has 1 atom stereocenters. The van der Waals surface area contributed by atoms with Crippen LogP contribution in [0.3, 0.4) is 0 Å². The predicted molar refractivity (Wildman–Crippen MR) is 80.0 cm³/mol. The molecule has 1 rings (SSSR count). The first kappa shape index (κ1) is 16.5. The average Bonchev–Trinajstić information content (AvgIpc) is 2.28. The fourth-order valence-electron chi connectivity index (χ4n) is 1.46. The second-order valence-corrected chi connectivity index (χ2v) is 6.28. The largest absolute Gasteiger partial charge is 0.481 e. The molecule has 0 saturated carbocycles. The Balaban J connectivity index is 2.92. The van der Waals surface area contributed by atoms with Gasteiger partial charge in [0.05, 0.1) is 11.6 Å². The van der Waals surface area contributed by atoms with Crippen LogP contribution in [0.4, 0.5) is 10.5 Å². The van der Waals surface area contributed by atoms with Gasteiger partial charge in [0, 0.05) is 4.47 Å². The van der Waals surface area contributed by atoms with E-state index in [1.54, 1.807) is 45.9 Å². The summed E-state index contributed by atoms with van der Waals surface area (Å²) in [6.07, 6.45) is -0.585. The van der Waals surface area contributed by atoms with Crippen molar-refractivity contribution in [1.29, 1.82) is 0 Å². The molecule has 2 N–H and O–H groups in total. The number of rotatable bonds is 3. The monoisotopic (exact) mass is 343 g/mol. The van der Waals surface area contributed by atoms with E-state index in [9.17, 15) is 9.59 Å². The molecule has 110 valence electrons. The Labute approximate surface area is 126 Å². The third kappa shape index (κ3) is 4.85. The van der Waals surface area contributed by atoms with Crippen molar-refractivity contribution in [3.05, 3.63) is 28.2 Å². The first-order chi connectivity index (χ1) is 9.10. The summed E-state index contributed by atoms with van der Waals surface area (Å²) in [5.74, 6) is -1.57. The van der Waals surface area contributed by atoms with Crippen LogP contribution in [0.2, 0.25) is 0 Å². The van der Waals surface area contributed by atoms with Crippen LogP contribution in [0, 0.1) is 0 Å². The summed E-state index contributed by atoms with van der Waals surface area (Å²) in [5, 5.41) is 11.6. The normalized spacial score (nSPS) is 12.7. The number of carbonyl (C=O) groups excluding carboxylic acids is 1. The third-order valence-corrected chi connectivity index (χ3v) is 3.19. The van der Waals surface area contributed by atoms with Crippen molar-refractivity contribution < 1.29 is 19.4 Å². The zero-order chi connectivity index (χ0) is 15.5. The lowest BCUT2D eigenvalue weighted by Gasteiger charge is -2.20. The number of anilines is 1. The van der Waals surface area contributed by atoms with E-state index in [-0.39, 0.29) is 0 Å². The van der Waals surface area contributed by atoms with E-state index in [0.717, 1.165) is 0 Å². The van der Waals surface area contributed by atoms with Gasteiger partial charge < -0.3 is 9.84 Å². The molecule has 0 heterocycles. The van der Waals surface area contributed by atoms with E-state index < -0.39 is 23.6 Å². The Morgan fingerprint density at radius 3 is 2.45 bits per heavy atom. The smallest absolute Gasteiger partial charge is 0.412 e. The minimum absolute atomic E-state index is 0.477. The average molecular weight is 344 g/mol. The molecule has 0 aromatic heterocycles. The summed E-state index contributed by atoms with van der Waals surface area (Å²) < 4.78 is 5.81. The quantitative estimate of drug-likeness (QED) is 0.870. The maximum atomic E-state index is 11.7. The highest BCUT2D eigenvalue weighted by molar-refractivity contribution is 9.10. The first-order valence-corrected chi connectivity index (χ1v) is 6.91. The minimum Gasteiger partial charge on any atom is -0.481 e. The summed E-state index contributed by atoms with van der Waals surface area (Å²) in [6, 6.07) is 5.01.